The Balaban J connectivity index is 1.99. The van der Waals surface area contributed by atoms with Gasteiger partial charge in [0.25, 0.3) is 0 Å². The van der Waals surface area contributed by atoms with Crippen molar-refractivity contribution in [2.75, 3.05) is 7.11 Å². The Hall–Kier alpha value is -1.56. The van der Waals surface area contributed by atoms with E-state index in [0.29, 0.717) is 13.0 Å². The number of benzene rings is 1. The Labute approximate surface area is 127 Å². The number of hydrogen-bond acceptors (Lipinski definition) is 3. The normalized spacial score (nSPS) is 17.5. The number of methoxy groups -OCH3 is 1. The molecule has 0 heterocycles. The number of hydrogen-bond donors (Lipinski definition) is 1. The lowest BCUT2D eigenvalue weighted by atomic mass is 9.92. The molecule has 0 aliphatic heterocycles. The van der Waals surface area contributed by atoms with Crippen molar-refractivity contribution < 1.29 is 22.7 Å². The van der Waals surface area contributed by atoms with E-state index in [1.54, 1.807) is 0 Å². The number of halogens is 3. The van der Waals surface area contributed by atoms with Gasteiger partial charge in [-0.05, 0) is 30.5 Å². The molecule has 0 radical (unpaired) electrons. The van der Waals surface area contributed by atoms with E-state index in [4.69, 9.17) is 4.74 Å². The Bertz CT molecular complexity index is 505. The highest BCUT2D eigenvalue weighted by atomic mass is 19.4. The van der Waals surface area contributed by atoms with Crippen LogP contribution in [-0.4, -0.2) is 18.6 Å². The largest absolute Gasteiger partial charge is 0.469 e. The van der Waals surface area contributed by atoms with Crippen molar-refractivity contribution in [3.05, 3.63) is 35.4 Å². The molecule has 1 aromatic carbocycles. The van der Waals surface area contributed by atoms with Crippen molar-refractivity contribution in [2.24, 2.45) is 0 Å². The Morgan fingerprint density at radius 3 is 2.32 bits per heavy atom. The highest BCUT2D eigenvalue weighted by Gasteiger charge is 2.36. The molecule has 1 fully saturated rings. The first-order valence-electron chi connectivity index (χ1n) is 7.33. The van der Waals surface area contributed by atoms with E-state index >= 15 is 0 Å². The molecule has 1 aliphatic carbocycles. The van der Waals surface area contributed by atoms with E-state index in [2.05, 4.69) is 5.32 Å². The number of carbonyl (C=O) groups excluding carboxylic acids is 1. The van der Waals surface area contributed by atoms with E-state index in [1.807, 2.05) is 0 Å². The van der Waals surface area contributed by atoms with Gasteiger partial charge in [0.2, 0.25) is 0 Å². The molecule has 0 amide bonds. The molecule has 0 saturated heterocycles. The van der Waals surface area contributed by atoms with Crippen molar-refractivity contribution >= 4 is 5.97 Å². The summed E-state index contributed by atoms with van der Waals surface area (Å²) >= 11 is 0. The third-order valence-electron chi connectivity index (χ3n) is 4.22. The predicted octanol–water partition coefficient (Wildman–Crippen LogP) is 3.67. The van der Waals surface area contributed by atoms with Gasteiger partial charge in [0, 0.05) is 12.1 Å². The minimum atomic E-state index is -4.32. The molecule has 122 valence electrons. The number of esters is 1. The van der Waals surface area contributed by atoms with Crippen molar-refractivity contribution in [2.45, 2.75) is 50.4 Å². The van der Waals surface area contributed by atoms with Crippen LogP contribution >= 0.6 is 0 Å². The first-order chi connectivity index (χ1) is 10.3. The van der Waals surface area contributed by atoms with Gasteiger partial charge >= 0.3 is 12.1 Å². The highest BCUT2D eigenvalue weighted by molar-refractivity contribution is 5.70. The molecule has 3 nitrogen and oxygen atoms in total. The molecule has 0 spiro atoms. The van der Waals surface area contributed by atoms with Crippen LogP contribution in [0.3, 0.4) is 0 Å². The second-order valence-corrected chi connectivity index (χ2v) is 5.79. The summed E-state index contributed by atoms with van der Waals surface area (Å²) < 4.78 is 42.3. The summed E-state index contributed by atoms with van der Waals surface area (Å²) in [7, 11) is 1.36. The lowest BCUT2D eigenvalue weighted by Crippen LogP contribution is -2.44. The average Bonchev–Trinajstić information content (AvgIpc) is 2.93. The van der Waals surface area contributed by atoms with E-state index in [1.165, 1.54) is 19.2 Å². The van der Waals surface area contributed by atoms with E-state index in [9.17, 15) is 18.0 Å². The van der Waals surface area contributed by atoms with Crippen LogP contribution in [0.5, 0.6) is 0 Å². The zero-order chi connectivity index (χ0) is 16.2. The van der Waals surface area contributed by atoms with Crippen LogP contribution in [0.25, 0.3) is 0 Å². The summed E-state index contributed by atoms with van der Waals surface area (Å²) in [5.41, 5.74) is -0.180. The second kappa shape index (κ2) is 6.69. The second-order valence-electron chi connectivity index (χ2n) is 5.79. The SMILES string of the molecule is COC(=O)CC1(NCc2ccc(C(F)(F)F)cc2)CCCC1. The smallest absolute Gasteiger partial charge is 0.416 e. The molecule has 1 aromatic rings. The number of nitrogens with one attached hydrogen (secondary N) is 1. The van der Waals surface area contributed by atoms with E-state index in [0.717, 1.165) is 43.4 Å². The maximum Gasteiger partial charge on any atom is 0.416 e. The first-order valence-corrected chi connectivity index (χ1v) is 7.33. The van der Waals surface area contributed by atoms with Gasteiger partial charge in [0.1, 0.15) is 0 Å². The average molecular weight is 315 g/mol. The van der Waals surface area contributed by atoms with E-state index < -0.39 is 11.7 Å². The van der Waals surface area contributed by atoms with Crippen LogP contribution in [0.1, 0.15) is 43.2 Å². The minimum absolute atomic E-state index is 0.262. The fraction of sp³-hybridized carbons (Fsp3) is 0.562. The summed E-state index contributed by atoms with van der Waals surface area (Å²) in [6.07, 6.45) is -0.187. The summed E-state index contributed by atoms with van der Waals surface area (Å²) in [6.45, 7) is 0.440. The van der Waals surface area contributed by atoms with Gasteiger partial charge < -0.3 is 10.1 Å². The quantitative estimate of drug-likeness (QED) is 0.843. The monoisotopic (exact) mass is 315 g/mol. The van der Waals surface area contributed by atoms with Gasteiger partial charge in [0.05, 0.1) is 19.1 Å². The standard InChI is InChI=1S/C16H20F3NO2/c1-22-14(21)10-15(8-2-3-9-15)20-11-12-4-6-13(7-5-12)16(17,18)19/h4-7,20H,2-3,8-11H2,1H3. The van der Waals surface area contributed by atoms with Gasteiger partial charge in [-0.25, -0.2) is 0 Å². The summed E-state index contributed by atoms with van der Waals surface area (Å²) in [6, 6.07) is 5.10. The number of carbonyl (C=O) groups is 1. The number of ether oxygens (including phenoxy) is 1. The van der Waals surface area contributed by atoms with Crippen molar-refractivity contribution in [1.82, 2.24) is 5.32 Å². The van der Waals surface area contributed by atoms with Crippen molar-refractivity contribution in [1.29, 1.82) is 0 Å². The molecule has 0 atom stereocenters. The molecule has 1 N–H and O–H groups in total. The lowest BCUT2D eigenvalue weighted by molar-refractivity contribution is -0.142. The Kier molecular flexibility index (Phi) is 5.11. The third kappa shape index (κ3) is 4.22. The highest BCUT2D eigenvalue weighted by Crippen LogP contribution is 2.33. The van der Waals surface area contributed by atoms with Gasteiger partial charge in [-0.1, -0.05) is 25.0 Å². The maximum atomic E-state index is 12.5. The van der Waals surface area contributed by atoms with Crippen LogP contribution in [0, 0.1) is 0 Å². The molecule has 1 saturated carbocycles. The van der Waals surface area contributed by atoms with Gasteiger partial charge in [-0.2, -0.15) is 13.2 Å². The van der Waals surface area contributed by atoms with Crippen LogP contribution in [0.15, 0.2) is 24.3 Å². The number of rotatable bonds is 5. The molecule has 0 unspecified atom stereocenters. The molecule has 2 rings (SSSR count). The van der Waals surface area contributed by atoms with Gasteiger partial charge in [-0.3, -0.25) is 4.79 Å². The predicted molar refractivity (Wildman–Crippen MR) is 76.1 cm³/mol. The van der Waals surface area contributed by atoms with Crippen LogP contribution in [0.2, 0.25) is 0 Å². The third-order valence-corrected chi connectivity index (χ3v) is 4.22. The van der Waals surface area contributed by atoms with Crippen molar-refractivity contribution in [3.63, 3.8) is 0 Å². The molecule has 0 bridgehead atoms. The molecule has 6 heteroatoms. The summed E-state index contributed by atoms with van der Waals surface area (Å²) in [5.74, 6) is -0.262. The molecule has 1 aliphatic rings. The minimum Gasteiger partial charge on any atom is -0.469 e. The summed E-state index contributed by atoms with van der Waals surface area (Å²) in [4.78, 5) is 11.6. The van der Waals surface area contributed by atoms with E-state index in [-0.39, 0.29) is 11.5 Å². The Morgan fingerprint density at radius 2 is 1.82 bits per heavy atom. The topological polar surface area (TPSA) is 38.3 Å². The zero-order valence-electron chi connectivity index (χ0n) is 12.5. The fourth-order valence-corrected chi connectivity index (χ4v) is 2.92. The van der Waals surface area contributed by atoms with Crippen LogP contribution in [0.4, 0.5) is 13.2 Å². The molecular weight excluding hydrogens is 295 g/mol. The molecular formula is C16H20F3NO2. The lowest BCUT2D eigenvalue weighted by Gasteiger charge is -2.29. The van der Waals surface area contributed by atoms with Crippen LogP contribution in [-0.2, 0) is 22.3 Å². The summed E-state index contributed by atoms with van der Waals surface area (Å²) in [5, 5.41) is 3.35. The fourth-order valence-electron chi connectivity index (χ4n) is 2.92. The molecule has 0 aromatic heterocycles. The maximum absolute atomic E-state index is 12.5. The zero-order valence-corrected chi connectivity index (χ0v) is 12.5. The van der Waals surface area contributed by atoms with Crippen LogP contribution < -0.4 is 5.32 Å². The number of alkyl halides is 3. The first kappa shape index (κ1) is 16.8. The van der Waals surface area contributed by atoms with Gasteiger partial charge in [-0.15, -0.1) is 0 Å². The molecule has 22 heavy (non-hydrogen) atoms. The van der Waals surface area contributed by atoms with Crippen molar-refractivity contribution in [3.8, 4) is 0 Å². The Morgan fingerprint density at radius 1 is 1.23 bits per heavy atom. The van der Waals surface area contributed by atoms with Gasteiger partial charge in [0.15, 0.2) is 0 Å².